The van der Waals surface area contributed by atoms with Gasteiger partial charge in [-0.1, -0.05) is 0 Å². The predicted molar refractivity (Wildman–Crippen MR) is 132 cm³/mol. The van der Waals surface area contributed by atoms with Crippen molar-refractivity contribution in [2.24, 2.45) is 29.0 Å². The van der Waals surface area contributed by atoms with Gasteiger partial charge in [0, 0.05) is 18.1 Å². The summed E-state index contributed by atoms with van der Waals surface area (Å²) in [6, 6.07) is -2.85. The van der Waals surface area contributed by atoms with Crippen molar-refractivity contribution in [3.63, 3.8) is 0 Å². The number of aliphatic hydroxyl groups excluding tert-OH is 5. The summed E-state index contributed by atoms with van der Waals surface area (Å²) in [6.07, 6.45) is -10.9. The first-order chi connectivity index (χ1) is 17.8. The normalized spacial score (nSPS) is 54.8. The first-order valence-electron chi connectivity index (χ1n) is 13.4. The topological polar surface area (TPSA) is 248 Å². The zero-order valence-electron chi connectivity index (χ0n) is 22.1. The lowest BCUT2D eigenvalue weighted by Crippen LogP contribution is -2.68. The molecule has 2 heterocycles. The molecule has 0 aromatic carbocycles. The Bertz CT molecular complexity index is 795. The number of hydrogen-bond acceptors (Lipinski definition) is 14. The van der Waals surface area contributed by atoms with Crippen LogP contribution in [0, 0.1) is 11.8 Å². The molecule has 14 heteroatoms. The van der Waals surface area contributed by atoms with Crippen LogP contribution in [-0.2, 0) is 18.9 Å². The van der Waals surface area contributed by atoms with Gasteiger partial charge in [-0.25, -0.2) is 0 Å². The molecule has 17 atom stereocenters. The molecule has 2 aliphatic carbocycles. The van der Waals surface area contributed by atoms with Gasteiger partial charge in [-0.15, -0.1) is 0 Å². The fourth-order valence-electron chi connectivity index (χ4n) is 6.59. The lowest BCUT2D eigenvalue weighted by Gasteiger charge is -2.51. The van der Waals surface area contributed by atoms with Gasteiger partial charge in [-0.2, -0.15) is 0 Å². The van der Waals surface area contributed by atoms with Crippen LogP contribution >= 0.6 is 0 Å². The Hall–Kier alpha value is -0.560. The highest BCUT2D eigenvalue weighted by atomic mass is 16.7. The van der Waals surface area contributed by atoms with Crippen LogP contribution in [0.5, 0.6) is 0 Å². The predicted octanol–water partition coefficient (Wildman–Crippen LogP) is -4.59. The standard InChI is InChI=1S/C24H46N4O10/c1-8(29)19-17(32)16(31)14(27)22(36-19)37-20-11(25)5-12(26)21(18(20)33)38-23-15(30)10-4-13(28-3)24(2,34)6-9(10)7-35-23/h8-23,28-34H,4-7,25-27H2,1-3H3. The van der Waals surface area contributed by atoms with E-state index in [9.17, 15) is 30.6 Å². The monoisotopic (exact) mass is 550 g/mol. The second kappa shape index (κ2) is 11.7. The van der Waals surface area contributed by atoms with Gasteiger partial charge in [-0.05, 0) is 52.0 Å². The number of hydrogen-bond donors (Lipinski definition) is 10. The summed E-state index contributed by atoms with van der Waals surface area (Å²) in [7, 11) is 1.77. The van der Waals surface area contributed by atoms with Crippen LogP contribution in [0.15, 0.2) is 0 Å². The van der Waals surface area contributed by atoms with E-state index in [-0.39, 0.29) is 30.9 Å². The highest BCUT2D eigenvalue weighted by Crippen LogP contribution is 2.43. The van der Waals surface area contributed by atoms with E-state index < -0.39 is 85.1 Å². The summed E-state index contributed by atoms with van der Waals surface area (Å²) >= 11 is 0. The maximum Gasteiger partial charge on any atom is 0.184 e. The van der Waals surface area contributed by atoms with E-state index in [0.717, 1.165) is 0 Å². The summed E-state index contributed by atoms with van der Waals surface area (Å²) in [4.78, 5) is 0. The molecule has 13 N–H and O–H groups in total. The Morgan fingerprint density at radius 1 is 0.921 bits per heavy atom. The third-order valence-electron chi connectivity index (χ3n) is 8.89. The average molecular weight is 551 g/mol. The minimum Gasteiger partial charge on any atom is -0.391 e. The van der Waals surface area contributed by atoms with Crippen molar-refractivity contribution in [2.75, 3.05) is 13.7 Å². The lowest BCUT2D eigenvalue weighted by atomic mass is 9.67. The van der Waals surface area contributed by atoms with Crippen molar-refractivity contribution >= 4 is 0 Å². The molecule has 4 rings (SSSR count). The highest BCUT2D eigenvalue weighted by Gasteiger charge is 2.53. The Kier molecular flexibility index (Phi) is 9.39. The molecule has 2 aliphatic heterocycles. The van der Waals surface area contributed by atoms with E-state index in [4.69, 9.17) is 36.1 Å². The lowest BCUT2D eigenvalue weighted by molar-refractivity contribution is -0.318. The average Bonchev–Trinajstić information content (AvgIpc) is 2.84. The second-order valence-corrected chi connectivity index (χ2v) is 11.8. The second-order valence-electron chi connectivity index (χ2n) is 11.8. The van der Waals surface area contributed by atoms with Crippen LogP contribution in [-0.4, -0.2) is 135 Å². The SMILES string of the molecule is CNC1CC2C(COC(OC3C(N)CC(N)C(OC4OC(C(C)O)C(O)C(O)C4N)C3O)C2O)CC1(C)O. The Balaban J connectivity index is 1.44. The molecule has 0 radical (unpaired) electrons. The number of rotatable bonds is 6. The molecule has 4 fully saturated rings. The van der Waals surface area contributed by atoms with E-state index in [0.29, 0.717) is 12.8 Å². The van der Waals surface area contributed by atoms with Gasteiger partial charge in [0.15, 0.2) is 12.6 Å². The molecule has 0 spiro atoms. The smallest absolute Gasteiger partial charge is 0.184 e. The number of nitrogens with one attached hydrogen (secondary N) is 1. The molecular weight excluding hydrogens is 504 g/mol. The molecule has 0 aromatic rings. The number of ether oxygens (including phenoxy) is 4. The van der Waals surface area contributed by atoms with E-state index >= 15 is 0 Å². The zero-order chi connectivity index (χ0) is 28.1. The number of likely N-dealkylation sites (N-methyl/N-ethyl adjacent to an activating group) is 1. The maximum atomic E-state index is 11.2. The van der Waals surface area contributed by atoms with Crippen LogP contribution < -0.4 is 22.5 Å². The van der Waals surface area contributed by atoms with Crippen LogP contribution in [0.2, 0.25) is 0 Å². The van der Waals surface area contributed by atoms with Gasteiger partial charge in [0.25, 0.3) is 0 Å². The van der Waals surface area contributed by atoms with Gasteiger partial charge in [0.1, 0.15) is 42.7 Å². The summed E-state index contributed by atoms with van der Waals surface area (Å²) in [5, 5.41) is 66.8. The summed E-state index contributed by atoms with van der Waals surface area (Å²) in [5.74, 6) is -0.260. The summed E-state index contributed by atoms with van der Waals surface area (Å²) in [6.45, 7) is 3.43. The molecule has 38 heavy (non-hydrogen) atoms. The Morgan fingerprint density at radius 3 is 2.11 bits per heavy atom. The van der Waals surface area contributed by atoms with Crippen molar-refractivity contribution in [1.82, 2.24) is 5.32 Å². The van der Waals surface area contributed by atoms with E-state index in [1.54, 1.807) is 14.0 Å². The third kappa shape index (κ3) is 5.76. The van der Waals surface area contributed by atoms with Crippen LogP contribution in [0.4, 0.5) is 0 Å². The van der Waals surface area contributed by atoms with E-state index in [2.05, 4.69) is 5.32 Å². The van der Waals surface area contributed by atoms with Crippen molar-refractivity contribution in [3.05, 3.63) is 0 Å². The Labute approximate surface area is 222 Å². The van der Waals surface area contributed by atoms with Crippen LogP contribution in [0.3, 0.4) is 0 Å². The van der Waals surface area contributed by atoms with Gasteiger partial charge in [-0.3, -0.25) is 0 Å². The molecule has 4 aliphatic rings. The quantitative estimate of drug-likeness (QED) is 0.149. The summed E-state index contributed by atoms with van der Waals surface area (Å²) in [5.41, 5.74) is 17.6. The van der Waals surface area contributed by atoms with Crippen LogP contribution in [0.25, 0.3) is 0 Å². The molecule has 2 saturated heterocycles. The van der Waals surface area contributed by atoms with Gasteiger partial charge < -0.3 is 72.1 Å². The van der Waals surface area contributed by atoms with Gasteiger partial charge in [0.05, 0.1) is 24.4 Å². The first-order valence-corrected chi connectivity index (χ1v) is 13.4. The molecule has 0 amide bonds. The zero-order valence-corrected chi connectivity index (χ0v) is 22.1. The molecule has 17 unspecified atom stereocenters. The van der Waals surface area contributed by atoms with Crippen molar-refractivity contribution in [1.29, 1.82) is 0 Å². The number of fused-ring (bicyclic) bond motifs is 1. The van der Waals surface area contributed by atoms with Gasteiger partial charge in [0.2, 0.25) is 0 Å². The van der Waals surface area contributed by atoms with E-state index in [1.807, 2.05) is 0 Å². The highest BCUT2D eigenvalue weighted by molar-refractivity contribution is 5.03. The van der Waals surface area contributed by atoms with Gasteiger partial charge >= 0.3 is 0 Å². The largest absolute Gasteiger partial charge is 0.391 e. The number of nitrogens with two attached hydrogens (primary N) is 3. The molecular formula is C24H46N4O10. The van der Waals surface area contributed by atoms with E-state index in [1.165, 1.54) is 6.92 Å². The fourth-order valence-corrected chi connectivity index (χ4v) is 6.59. The number of aliphatic hydroxyl groups is 6. The first kappa shape index (κ1) is 30.4. The van der Waals surface area contributed by atoms with Crippen molar-refractivity contribution in [2.45, 2.75) is 124 Å². The molecule has 0 bridgehead atoms. The van der Waals surface area contributed by atoms with Crippen LogP contribution in [0.1, 0.15) is 33.1 Å². The summed E-state index contributed by atoms with van der Waals surface area (Å²) < 4.78 is 23.5. The fraction of sp³-hybridized carbons (Fsp3) is 1.00. The molecule has 2 saturated carbocycles. The molecule has 0 aromatic heterocycles. The Morgan fingerprint density at radius 2 is 1.53 bits per heavy atom. The molecule has 222 valence electrons. The molecule has 14 nitrogen and oxygen atoms in total. The third-order valence-corrected chi connectivity index (χ3v) is 8.89. The van der Waals surface area contributed by atoms with Crippen molar-refractivity contribution < 1.29 is 49.6 Å². The maximum absolute atomic E-state index is 11.2. The minimum absolute atomic E-state index is 0.0625. The minimum atomic E-state index is -1.45. The van der Waals surface area contributed by atoms with Crippen molar-refractivity contribution in [3.8, 4) is 0 Å².